The molecule has 0 spiro atoms. The molecule has 1 aliphatic rings. The smallest absolute Gasteiger partial charge is 0.253 e. The molecule has 1 aliphatic carbocycles. The first kappa shape index (κ1) is 14.1. The fraction of sp³-hybridized carbons (Fsp3) is 0.286. The van der Waals surface area contributed by atoms with E-state index >= 15 is 0 Å². The number of para-hydroxylation sites is 1. The number of rotatable bonds is 1. The van der Waals surface area contributed by atoms with Crippen LogP contribution in [0.3, 0.4) is 0 Å². The number of benzene rings is 2. The van der Waals surface area contributed by atoms with Crippen LogP contribution in [0.5, 0.6) is 0 Å². The van der Waals surface area contributed by atoms with Crippen LogP contribution in [0.1, 0.15) is 42.1 Å². The summed E-state index contributed by atoms with van der Waals surface area (Å²) in [4.78, 5) is 4.00. The minimum Gasteiger partial charge on any atom is -0.346 e. The van der Waals surface area contributed by atoms with E-state index in [0.29, 0.717) is 11.8 Å². The highest BCUT2D eigenvalue weighted by Crippen LogP contribution is 2.49. The SMILES string of the molecule is [C-]#[N+]C1c2c(n(C)c3ccccc23)C(c2ccccc2)CC1C. The molecule has 1 aromatic heterocycles. The Morgan fingerprint density at radius 3 is 2.48 bits per heavy atom. The van der Waals surface area contributed by atoms with Crippen LogP contribution in [0.15, 0.2) is 54.6 Å². The van der Waals surface area contributed by atoms with Gasteiger partial charge >= 0.3 is 0 Å². The van der Waals surface area contributed by atoms with Crippen LogP contribution < -0.4 is 0 Å². The highest BCUT2D eigenvalue weighted by Gasteiger charge is 2.41. The molecule has 3 aromatic rings. The van der Waals surface area contributed by atoms with Gasteiger partial charge in [0.2, 0.25) is 0 Å². The highest BCUT2D eigenvalue weighted by molar-refractivity contribution is 5.87. The van der Waals surface area contributed by atoms with E-state index in [1.807, 2.05) is 0 Å². The van der Waals surface area contributed by atoms with Gasteiger partial charge in [-0.25, -0.2) is 6.57 Å². The summed E-state index contributed by atoms with van der Waals surface area (Å²) in [5, 5.41) is 1.25. The van der Waals surface area contributed by atoms with Crippen LogP contribution in [-0.2, 0) is 7.05 Å². The third kappa shape index (κ3) is 2.00. The minimum absolute atomic E-state index is 0.0314. The van der Waals surface area contributed by atoms with E-state index in [2.05, 4.69) is 78.0 Å². The second-order valence-electron chi connectivity index (χ2n) is 6.63. The Labute approximate surface area is 137 Å². The van der Waals surface area contributed by atoms with Crippen molar-refractivity contribution < 1.29 is 0 Å². The van der Waals surface area contributed by atoms with E-state index in [0.717, 1.165) is 6.42 Å². The number of hydrogen-bond donors (Lipinski definition) is 0. The Bertz CT molecular complexity index is 899. The Hall–Kier alpha value is -2.53. The maximum Gasteiger partial charge on any atom is 0.253 e. The van der Waals surface area contributed by atoms with Crippen molar-refractivity contribution in [2.45, 2.75) is 25.3 Å². The van der Waals surface area contributed by atoms with Gasteiger partial charge in [-0.2, -0.15) is 0 Å². The monoisotopic (exact) mass is 300 g/mol. The number of nitrogens with zero attached hydrogens (tertiary/aromatic N) is 2. The van der Waals surface area contributed by atoms with Crippen LogP contribution in [0.2, 0.25) is 0 Å². The predicted molar refractivity (Wildman–Crippen MR) is 94.3 cm³/mol. The molecule has 3 unspecified atom stereocenters. The second kappa shape index (κ2) is 5.28. The molecule has 0 fully saturated rings. The minimum atomic E-state index is -0.0314. The summed E-state index contributed by atoms with van der Waals surface area (Å²) in [5.41, 5.74) is 5.18. The van der Waals surface area contributed by atoms with E-state index in [-0.39, 0.29) is 6.04 Å². The predicted octanol–water partition coefficient (Wildman–Crippen LogP) is 5.31. The molecule has 0 saturated carbocycles. The second-order valence-corrected chi connectivity index (χ2v) is 6.63. The maximum atomic E-state index is 7.73. The van der Waals surface area contributed by atoms with Crippen molar-refractivity contribution in [2.24, 2.45) is 13.0 Å². The van der Waals surface area contributed by atoms with E-state index < -0.39 is 0 Å². The number of aromatic nitrogens is 1. The fourth-order valence-electron chi connectivity index (χ4n) is 4.24. The van der Waals surface area contributed by atoms with Crippen molar-refractivity contribution in [3.8, 4) is 0 Å². The molecular formula is C21H20N2. The maximum absolute atomic E-state index is 7.73. The van der Waals surface area contributed by atoms with Crippen molar-refractivity contribution in [3.63, 3.8) is 0 Å². The Morgan fingerprint density at radius 1 is 1.04 bits per heavy atom. The fourth-order valence-corrected chi connectivity index (χ4v) is 4.24. The largest absolute Gasteiger partial charge is 0.346 e. The quantitative estimate of drug-likeness (QED) is 0.539. The molecule has 0 bridgehead atoms. The number of aryl methyl sites for hydroxylation is 1. The van der Waals surface area contributed by atoms with Crippen molar-refractivity contribution in [2.75, 3.05) is 0 Å². The lowest BCUT2D eigenvalue weighted by molar-refractivity contribution is 0.414. The molecule has 2 heteroatoms. The molecule has 2 aromatic carbocycles. The molecule has 0 N–H and O–H groups in total. The molecule has 23 heavy (non-hydrogen) atoms. The van der Waals surface area contributed by atoms with Gasteiger partial charge in [0.25, 0.3) is 6.04 Å². The lowest BCUT2D eigenvalue weighted by atomic mass is 9.74. The molecule has 3 atom stereocenters. The van der Waals surface area contributed by atoms with Gasteiger partial charge in [0.15, 0.2) is 0 Å². The first-order chi connectivity index (χ1) is 11.2. The zero-order valence-electron chi connectivity index (χ0n) is 13.5. The van der Waals surface area contributed by atoms with Gasteiger partial charge in [0.1, 0.15) is 0 Å². The van der Waals surface area contributed by atoms with Crippen molar-refractivity contribution >= 4 is 10.9 Å². The summed E-state index contributed by atoms with van der Waals surface area (Å²) in [6.07, 6.45) is 1.04. The Balaban J connectivity index is 2.04. The van der Waals surface area contributed by atoms with Gasteiger partial charge in [-0.1, -0.05) is 55.5 Å². The standard InChI is InChI=1S/C21H20N2/c1-14-13-17(15-9-5-4-6-10-15)21-19(20(14)22-2)16-11-7-8-12-18(16)23(21)3/h4-12,14,17,20H,13H2,1,3H3. The van der Waals surface area contributed by atoms with Gasteiger partial charge in [-0.15, -0.1) is 0 Å². The summed E-state index contributed by atoms with van der Waals surface area (Å²) in [6.45, 7) is 9.95. The van der Waals surface area contributed by atoms with Crippen molar-refractivity contribution in [1.82, 2.24) is 4.57 Å². The number of fused-ring (bicyclic) bond motifs is 3. The zero-order chi connectivity index (χ0) is 16.0. The van der Waals surface area contributed by atoms with Gasteiger partial charge < -0.3 is 9.41 Å². The third-order valence-electron chi connectivity index (χ3n) is 5.31. The lowest BCUT2D eigenvalue weighted by Gasteiger charge is -2.30. The number of hydrogen-bond acceptors (Lipinski definition) is 0. The topological polar surface area (TPSA) is 9.29 Å². The molecule has 0 saturated heterocycles. The van der Waals surface area contributed by atoms with E-state index in [4.69, 9.17) is 6.57 Å². The Morgan fingerprint density at radius 2 is 1.74 bits per heavy atom. The average molecular weight is 300 g/mol. The van der Waals surface area contributed by atoms with Gasteiger partial charge in [-0.3, -0.25) is 0 Å². The molecule has 114 valence electrons. The molecular weight excluding hydrogens is 280 g/mol. The summed E-state index contributed by atoms with van der Waals surface area (Å²) in [5.74, 6) is 0.743. The first-order valence-corrected chi connectivity index (χ1v) is 8.21. The normalized spacial score (nSPS) is 23.4. The third-order valence-corrected chi connectivity index (χ3v) is 5.31. The lowest BCUT2D eigenvalue weighted by Crippen LogP contribution is -2.22. The molecule has 0 aliphatic heterocycles. The Kier molecular flexibility index (Phi) is 3.23. The van der Waals surface area contributed by atoms with Crippen LogP contribution in [-0.4, -0.2) is 4.57 Å². The summed E-state index contributed by atoms with van der Waals surface area (Å²) >= 11 is 0. The van der Waals surface area contributed by atoms with E-state index in [9.17, 15) is 0 Å². The molecule has 2 nitrogen and oxygen atoms in total. The van der Waals surface area contributed by atoms with Crippen molar-refractivity contribution in [3.05, 3.63) is 82.8 Å². The van der Waals surface area contributed by atoms with E-state index in [1.165, 1.54) is 27.7 Å². The average Bonchev–Trinajstić information content (AvgIpc) is 2.89. The summed E-state index contributed by atoms with van der Waals surface area (Å²) in [6, 6.07) is 19.2. The molecule has 4 rings (SSSR count). The zero-order valence-corrected chi connectivity index (χ0v) is 13.5. The van der Waals surface area contributed by atoms with Crippen LogP contribution in [0.4, 0.5) is 0 Å². The van der Waals surface area contributed by atoms with Crippen LogP contribution in [0.25, 0.3) is 15.7 Å². The van der Waals surface area contributed by atoms with Crippen LogP contribution >= 0.6 is 0 Å². The van der Waals surface area contributed by atoms with Gasteiger partial charge in [0, 0.05) is 35.5 Å². The highest BCUT2D eigenvalue weighted by atomic mass is 15.0. The first-order valence-electron chi connectivity index (χ1n) is 8.21. The molecule has 0 radical (unpaired) electrons. The molecule has 1 heterocycles. The van der Waals surface area contributed by atoms with Gasteiger partial charge in [0.05, 0.1) is 5.56 Å². The van der Waals surface area contributed by atoms with Crippen molar-refractivity contribution in [1.29, 1.82) is 0 Å². The summed E-state index contributed by atoms with van der Waals surface area (Å²) in [7, 11) is 2.15. The van der Waals surface area contributed by atoms with Crippen LogP contribution in [0, 0.1) is 12.5 Å². The van der Waals surface area contributed by atoms with E-state index in [1.54, 1.807) is 0 Å². The molecule has 0 amide bonds. The summed E-state index contributed by atoms with van der Waals surface area (Å²) < 4.78 is 2.31. The van der Waals surface area contributed by atoms with Gasteiger partial charge in [-0.05, 0) is 18.1 Å².